The van der Waals surface area contributed by atoms with Gasteiger partial charge in [-0.3, -0.25) is 0 Å². The summed E-state index contributed by atoms with van der Waals surface area (Å²) in [7, 11) is 0. The highest BCUT2D eigenvalue weighted by atomic mass is 16.5. The first-order chi connectivity index (χ1) is 5.33. The average molecular weight is 156 g/mol. The van der Waals surface area contributed by atoms with E-state index in [1.165, 1.54) is 6.08 Å². The van der Waals surface area contributed by atoms with Gasteiger partial charge in [0.1, 0.15) is 0 Å². The fraction of sp³-hybridized carbons (Fsp3) is 0.625. The van der Waals surface area contributed by atoms with Crippen LogP contribution in [0.25, 0.3) is 0 Å². The molecule has 3 nitrogen and oxygen atoms in total. The van der Waals surface area contributed by atoms with Gasteiger partial charge in [0.2, 0.25) is 0 Å². The number of ether oxygens (including phenoxy) is 2. The second kappa shape index (κ2) is 4.13. The maximum absolute atomic E-state index is 10.7. The van der Waals surface area contributed by atoms with Crippen molar-refractivity contribution in [1.29, 1.82) is 0 Å². The summed E-state index contributed by atoms with van der Waals surface area (Å²) >= 11 is 0. The predicted molar refractivity (Wildman–Crippen MR) is 40.2 cm³/mol. The smallest absolute Gasteiger partial charge is 0.330 e. The molecular formula is C8H12O3. The zero-order valence-corrected chi connectivity index (χ0v) is 6.63. The van der Waals surface area contributed by atoms with E-state index in [-0.39, 0.29) is 5.97 Å². The maximum Gasteiger partial charge on any atom is 0.330 e. The van der Waals surface area contributed by atoms with Gasteiger partial charge in [0, 0.05) is 19.1 Å². The fourth-order valence-corrected chi connectivity index (χ4v) is 0.910. The second-order valence-corrected chi connectivity index (χ2v) is 2.36. The predicted octanol–water partition coefficient (Wildman–Crippen LogP) is 0.896. The summed E-state index contributed by atoms with van der Waals surface area (Å²) in [4.78, 5) is 10.7. The molecule has 1 heterocycles. The van der Waals surface area contributed by atoms with Gasteiger partial charge in [0.25, 0.3) is 0 Å². The molecule has 0 aromatic carbocycles. The van der Waals surface area contributed by atoms with Gasteiger partial charge in [-0.2, -0.15) is 0 Å². The molecule has 0 amide bonds. The molecular weight excluding hydrogens is 144 g/mol. The maximum atomic E-state index is 10.7. The third kappa shape index (κ3) is 2.72. The van der Waals surface area contributed by atoms with Crippen LogP contribution in [0.2, 0.25) is 0 Å². The summed E-state index contributed by atoms with van der Waals surface area (Å²) in [5.41, 5.74) is 1.03. The van der Waals surface area contributed by atoms with Gasteiger partial charge in [-0.25, -0.2) is 4.79 Å². The minimum absolute atomic E-state index is 0.244. The number of esters is 1. The van der Waals surface area contributed by atoms with Crippen LogP contribution in [-0.2, 0) is 14.3 Å². The first-order valence-electron chi connectivity index (χ1n) is 3.77. The van der Waals surface area contributed by atoms with Crippen molar-refractivity contribution in [2.75, 3.05) is 19.8 Å². The van der Waals surface area contributed by atoms with E-state index in [1.807, 2.05) is 6.92 Å². The van der Waals surface area contributed by atoms with Crippen molar-refractivity contribution in [1.82, 2.24) is 0 Å². The highest BCUT2D eigenvalue weighted by molar-refractivity contribution is 5.83. The van der Waals surface area contributed by atoms with E-state index < -0.39 is 0 Å². The zero-order chi connectivity index (χ0) is 8.10. The van der Waals surface area contributed by atoms with E-state index in [4.69, 9.17) is 9.47 Å². The molecule has 1 aliphatic heterocycles. The van der Waals surface area contributed by atoms with Gasteiger partial charge < -0.3 is 9.47 Å². The molecule has 1 aliphatic rings. The molecule has 0 spiro atoms. The number of carbonyl (C=O) groups is 1. The molecule has 0 unspecified atom stereocenters. The van der Waals surface area contributed by atoms with Gasteiger partial charge >= 0.3 is 5.97 Å². The molecule has 0 radical (unpaired) electrons. The number of hydrogen-bond acceptors (Lipinski definition) is 3. The first kappa shape index (κ1) is 8.27. The molecule has 0 saturated carbocycles. The molecule has 0 aromatic heterocycles. The van der Waals surface area contributed by atoms with Gasteiger partial charge in [0.05, 0.1) is 13.2 Å². The van der Waals surface area contributed by atoms with Crippen molar-refractivity contribution in [3.05, 3.63) is 11.6 Å². The fourth-order valence-electron chi connectivity index (χ4n) is 0.910. The summed E-state index contributed by atoms with van der Waals surface area (Å²) in [6.45, 7) is 3.68. The number of rotatable bonds is 3. The van der Waals surface area contributed by atoms with E-state index in [2.05, 4.69) is 0 Å². The molecule has 62 valence electrons. The Labute approximate surface area is 66.0 Å². The van der Waals surface area contributed by atoms with Crippen LogP contribution in [0.1, 0.15) is 13.3 Å². The van der Waals surface area contributed by atoms with Crippen LogP contribution in [0.5, 0.6) is 0 Å². The lowest BCUT2D eigenvalue weighted by molar-refractivity contribution is -0.138. The standard InChI is InChI=1S/C8H12O3/c1-2-10-6-7-3-4-11-8(9)5-7/h5H,2-4,6H2,1H3. The Hall–Kier alpha value is -0.830. The van der Waals surface area contributed by atoms with Crippen LogP contribution in [0.3, 0.4) is 0 Å². The Morgan fingerprint density at radius 2 is 2.55 bits per heavy atom. The van der Waals surface area contributed by atoms with Crippen molar-refractivity contribution in [2.45, 2.75) is 13.3 Å². The number of cyclic esters (lactones) is 1. The summed E-state index contributed by atoms with van der Waals surface area (Å²) in [6.07, 6.45) is 2.32. The third-order valence-electron chi connectivity index (χ3n) is 1.48. The SMILES string of the molecule is CCOCC1=CC(=O)OCC1. The van der Waals surface area contributed by atoms with Gasteiger partial charge in [-0.05, 0) is 12.5 Å². The van der Waals surface area contributed by atoms with Crippen molar-refractivity contribution >= 4 is 5.97 Å². The average Bonchev–Trinajstić information content (AvgIpc) is 2.01. The molecule has 11 heavy (non-hydrogen) atoms. The molecule has 0 bridgehead atoms. The Kier molecular flexibility index (Phi) is 3.11. The van der Waals surface area contributed by atoms with E-state index in [9.17, 15) is 4.79 Å². The summed E-state index contributed by atoms with van der Waals surface area (Å²) in [5.74, 6) is -0.244. The van der Waals surface area contributed by atoms with Crippen LogP contribution < -0.4 is 0 Å². The molecule has 0 saturated heterocycles. The van der Waals surface area contributed by atoms with E-state index in [0.29, 0.717) is 19.8 Å². The van der Waals surface area contributed by atoms with Crippen LogP contribution >= 0.6 is 0 Å². The second-order valence-electron chi connectivity index (χ2n) is 2.36. The van der Waals surface area contributed by atoms with Crippen molar-refractivity contribution in [2.24, 2.45) is 0 Å². The molecule has 0 N–H and O–H groups in total. The Morgan fingerprint density at radius 3 is 3.18 bits per heavy atom. The van der Waals surface area contributed by atoms with Gasteiger partial charge in [0.15, 0.2) is 0 Å². The molecule has 3 heteroatoms. The normalized spacial score (nSPS) is 17.5. The summed E-state index contributed by atoms with van der Waals surface area (Å²) in [6, 6.07) is 0. The highest BCUT2D eigenvalue weighted by Gasteiger charge is 2.09. The number of hydrogen-bond donors (Lipinski definition) is 0. The largest absolute Gasteiger partial charge is 0.462 e. The highest BCUT2D eigenvalue weighted by Crippen LogP contribution is 2.08. The van der Waals surface area contributed by atoms with Crippen LogP contribution in [0, 0.1) is 0 Å². The number of carbonyl (C=O) groups excluding carboxylic acids is 1. The third-order valence-corrected chi connectivity index (χ3v) is 1.48. The van der Waals surface area contributed by atoms with E-state index in [0.717, 1.165) is 12.0 Å². The topological polar surface area (TPSA) is 35.5 Å². The lowest BCUT2D eigenvalue weighted by Crippen LogP contribution is -2.13. The van der Waals surface area contributed by atoms with Crippen molar-refractivity contribution in [3.8, 4) is 0 Å². The van der Waals surface area contributed by atoms with Crippen LogP contribution in [0.15, 0.2) is 11.6 Å². The Bertz CT molecular complexity index is 172. The van der Waals surface area contributed by atoms with Gasteiger partial charge in [-0.1, -0.05) is 0 Å². The lowest BCUT2D eigenvalue weighted by Gasteiger charge is -2.12. The molecule has 0 fully saturated rings. The summed E-state index contributed by atoms with van der Waals surface area (Å²) < 4.78 is 9.86. The van der Waals surface area contributed by atoms with Crippen LogP contribution in [-0.4, -0.2) is 25.8 Å². The summed E-state index contributed by atoms with van der Waals surface area (Å²) in [5, 5.41) is 0. The minimum Gasteiger partial charge on any atom is -0.462 e. The van der Waals surface area contributed by atoms with Crippen molar-refractivity contribution in [3.63, 3.8) is 0 Å². The molecule has 0 atom stereocenters. The first-order valence-corrected chi connectivity index (χ1v) is 3.77. The lowest BCUT2D eigenvalue weighted by atomic mass is 10.2. The minimum atomic E-state index is -0.244. The van der Waals surface area contributed by atoms with Crippen molar-refractivity contribution < 1.29 is 14.3 Å². The quantitative estimate of drug-likeness (QED) is 0.569. The zero-order valence-electron chi connectivity index (χ0n) is 6.63. The van der Waals surface area contributed by atoms with E-state index in [1.54, 1.807) is 0 Å². The molecule has 0 aliphatic carbocycles. The monoisotopic (exact) mass is 156 g/mol. The van der Waals surface area contributed by atoms with Gasteiger partial charge in [-0.15, -0.1) is 0 Å². The van der Waals surface area contributed by atoms with E-state index >= 15 is 0 Å². The molecule has 1 rings (SSSR count). The Morgan fingerprint density at radius 1 is 1.73 bits per heavy atom. The van der Waals surface area contributed by atoms with Crippen LogP contribution in [0.4, 0.5) is 0 Å². The molecule has 0 aromatic rings. The Balaban J connectivity index is 2.37.